The summed E-state index contributed by atoms with van der Waals surface area (Å²) in [5.41, 5.74) is 0. The minimum absolute atomic E-state index is 0.136. The van der Waals surface area contributed by atoms with E-state index in [0.29, 0.717) is 12.5 Å². The Kier molecular flexibility index (Phi) is 4.36. The van der Waals surface area contributed by atoms with Crippen LogP contribution in [0.4, 0.5) is 0 Å². The van der Waals surface area contributed by atoms with Crippen molar-refractivity contribution >= 4 is 5.97 Å². The molecule has 0 spiro atoms. The molecule has 3 unspecified atom stereocenters. The summed E-state index contributed by atoms with van der Waals surface area (Å²) >= 11 is 0. The molecule has 0 aromatic carbocycles. The molecule has 0 saturated carbocycles. The molecule has 5 nitrogen and oxygen atoms in total. The first kappa shape index (κ1) is 12.8. The summed E-state index contributed by atoms with van der Waals surface area (Å²) < 4.78 is 16.0. The monoisotopic (exact) mass is 243 g/mol. The average Bonchev–Trinajstić information content (AvgIpc) is 2.96. The molecule has 2 aliphatic heterocycles. The van der Waals surface area contributed by atoms with Gasteiger partial charge in [-0.25, -0.2) is 0 Å². The van der Waals surface area contributed by atoms with Crippen LogP contribution in [0.3, 0.4) is 0 Å². The molecule has 98 valence electrons. The number of rotatable bonds is 4. The molecular weight excluding hydrogens is 222 g/mol. The van der Waals surface area contributed by atoms with Crippen LogP contribution in [0.5, 0.6) is 0 Å². The molecule has 0 bridgehead atoms. The van der Waals surface area contributed by atoms with Gasteiger partial charge in [-0.05, 0) is 19.5 Å². The molecule has 0 aromatic heterocycles. The summed E-state index contributed by atoms with van der Waals surface area (Å²) in [6, 6.07) is 0. The number of likely N-dealkylation sites (tertiary alicyclic amines) is 1. The number of esters is 1. The smallest absolute Gasteiger partial charge is 0.308 e. The zero-order valence-electron chi connectivity index (χ0n) is 10.6. The quantitative estimate of drug-likeness (QED) is 0.678. The van der Waals surface area contributed by atoms with E-state index < -0.39 is 0 Å². The van der Waals surface area contributed by atoms with Crippen LogP contribution in [0.15, 0.2) is 0 Å². The van der Waals surface area contributed by atoms with E-state index in [4.69, 9.17) is 9.47 Å². The van der Waals surface area contributed by atoms with Gasteiger partial charge in [0.2, 0.25) is 0 Å². The number of carbonyl (C=O) groups is 1. The first-order chi connectivity index (χ1) is 8.22. The third kappa shape index (κ3) is 3.18. The molecule has 17 heavy (non-hydrogen) atoms. The lowest BCUT2D eigenvalue weighted by Gasteiger charge is -2.18. The fraction of sp³-hybridized carbons (Fsp3) is 0.917. The molecule has 2 fully saturated rings. The predicted octanol–water partition coefficient (Wildman–Crippen LogP) is 0.633. The normalized spacial score (nSPS) is 34.1. The average molecular weight is 243 g/mol. The lowest BCUT2D eigenvalue weighted by Crippen LogP contribution is -2.27. The van der Waals surface area contributed by atoms with Crippen molar-refractivity contribution < 1.29 is 19.0 Å². The van der Waals surface area contributed by atoms with Crippen LogP contribution in [0, 0.1) is 5.92 Å². The van der Waals surface area contributed by atoms with Gasteiger partial charge < -0.3 is 19.1 Å². The van der Waals surface area contributed by atoms with Crippen molar-refractivity contribution in [3.63, 3.8) is 0 Å². The Hall–Kier alpha value is -0.650. The molecule has 2 heterocycles. The molecular formula is C12H21NO4. The molecule has 2 aliphatic rings. The number of methoxy groups -OCH3 is 1. The highest BCUT2D eigenvalue weighted by molar-refractivity contribution is 5.69. The van der Waals surface area contributed by atoms with Gasteiger partial charge in [0.05, 0.1) is 26.2 Å². The van der Waals surface area contributed by atoms with Crippen molar-refractivity contribution in [3.8, 4) is 0 Å². The second kappa shape index (κ2) is 5.80. The maximum atomic E-state index is 11.1. The predicted molar refractivity (Wildman–Crippen MR) is 61.5 cm³/mol. The number of hydrogen-bond acceptors (Lipinski definition) is 5. The Balaban J connectivity index is 1.76. The minimum atomic E-state index is -0.235. The third-order valence-corrected chi connectivity index (χ3v) is 3.54. The van der Waals surface area contributed by atoms with Gasteiger partial charge in [0.1, 0.15) is 0 Å². The zero-order valence-corrected chi connectivity index (χ0v) is 10.6. The van der Waals surface area contributed by atoms with Crippen LogP contribution < -0.4 is 0 Å². The number of carbonyl (C=O) groups excluding carboxylic acids is 1. The number of nitrogens with zero attached hydrogens (tertiary/aromatic N) is 1. The van der Waals surface area contributed by atoms with Gasteiger partial charge in [-0.3, -0.25) is 4.79 Å². The summed E-state index contributed by atoms with van der Waals surface area (Å²) in [5.74, 6) is 0.207. The molecule has 2 rings (SSSR count). The van der Waals surface area contributed by atoms with Gasteiger partial charge in [-0.1, -0.05) is 6.92 Å². The van der Waals surface area contributed by atoms with Gasteiger partial charge in [0, 0.05) is 12.5 Å². The Morgan fingerprint density at radius 3 is 3.00 bits per heavy atom. The summed E-state index contributed by atoms with van der Waals surface area (Å²) in [5, 5.41) is 0. The summed E-state index contributed by atoms with van der Waals surface area (Å²) in [4.78, 5) is 13.5. The molecule has 3 atom stereocenters. The maximum absolute atomic E-state index is 11.1. The standard InChI is InChI=1S/C12H21NO4/c1-3-13-5-4-9(7-13)12-16-8-10(17-12)6-11(14)15-2/h9-10,12H,3-8H2,1-2H3. The Labute approximate surface area is 102 Å². The van der Waals surface area contributed by atoms with Crippen LogP contribution in [-0.4, -0.2) is 56.6 Å². The lowest BCUT2D eigenvalue weighted by molar-refractivity contribution is -0.144. The molecule has 0 aromatic rings. The summed E-state index contributed by atoms with van der Waals surface area (Å²) in [6.45, 7) is 5.90. The van der Waals surface area contributed by atoms with E-state index in [2.05, 4.69) is 16.6 Å². The van der Waals surface area contributed by atoms with Crippen LogP contribution >= 0.6 is 0 Å². The van der Waals surface area contributed by atoms with Crippen molar-refractivity contribution in [2.24, 2.45) is 5.92 Å². The Morgan fingerprint density at radius 2 is 2.35 bits per heavy atom. The topological polar surface area (TPSA) is 48.0 Å². The molecule has 5 heteroatoms. The molecule has 0 N–H and O–H groups in total. The number of ether oxygens (including phenoxy) is 3. The van der Waals surface area contributed by atoms with Crippen LogP contribution in [0.25, 0.3) is 0 Å². The van der Waals surface area contributed by atoms with Crippen molar-refractivity contribution in [2.45, 2.75) is 32.2 Å². The van der Waals surface area contributed by atoms with E-state index >= 15 is 0 Å². The fourth-order valence-corrected chi connectivity index (χ4v) is 2.47. The third-order valence-electron chi connectivity index (χ3n) is 3.54. The Morgan fingerprint density at radius 1 is 1.53 bits per heavy atom. The second-order valence-electron chi connectivity index (χ2n) is 4.68. The largest absolute Gasteiger partial charge is 0.469 e. The van der Waals surface area contributed by atoms with Crippen molar-refractivity contribution in [2.75, 3.05) is 33.4 Å². The molecule has 0 radical (unpaired) electrons. The zero-order chi connectivity index (χ0) is 12.3. The summed E-state index contributed by atoms with van der Waals surface area (Å²) in [7, 11) is 1.39. The molecule has 2 saturated heterocycles. The first-order valence-corrected chi connectivity index (χ1v) is 6.29. The van der Waals surface area contributed by atoms with E-state index in [9.17, 15) is 4.79 Å². The van der Waals surface area contributed by atoms with Gasteiger partial charge in [-0.15, -0.1) is 0 Å². The molecule has 0 amide bonds. The first-order valence-electron chi connectivity index (χ1n) is 6.29. The second-order valence-corrected chi connectivity index (χ2v) is 4.68. The van der Waals surface area contributed by atoms with E-state index in [1.54, 1.807) is 0 Å². The summed E-state index contributed by atoms with van der Waals surface area (Å²) in [6.07, 6.45) is 1.13. The van der Waals surface area contributed by atoms with Crippen molar-refractivity contribution in [1.29, 1.82) is 0 Å². The highest BCUT2D eigenvalue weighted by atomic mass is 16.7. The van der Waals surface area contributed by atoms with Gasteiger partial charge >= 0.3 is 5.97 Å². The molecule has 0 aliphatic carbocycles. The van der Waals surface area contributed by atoms with Gasteiger partial charge in [0.15, 0.2) is 6.29 Å². The van der Waals surface area contributed by atoms with Crippen LogP contribution in [0.1, 0.15) is 19.8 Å². The van der Waals surface area contributed by atoms with Crippen LogP contribution in [-0.2, 0) is 19.0 Å². The Bertz CT molecular complexity index is 271. The lowest BCUT2D eigenvalue weighted by atomic mass is 10.1. The van der Waals surface area contributed by atoms with E-state index in [1.807, 2.05) is 0 Å². The van der Waals surface area contributed by atoms with E-state index in [0.717, 1.165) is 26.1 Å². The van der Waals surface area contributed by atoms with E-state index in [1.165, 1.54) is 7.11 Å². The minimum Gasteiger partial charge on any atom is -0.469 e. The fourth-order valence-electron chi connectivity index (χ4n) is 2.47. The van der Waals surface area contributed by atoms with Gasteiger partial charge in [0.25, 0.3) is 0 Å². The maximum Gasteiger partial charge on any atom is 0.308 e. The highest BCUT2D eigenvalue weighted by Gasteiger charge is 2.36. The SMILES string of the molecule is CCN1CCC(C2OCC(CC(=O)OC)O2)C1. The highest BCUT2D eigenvalue weighted by Crippen LogP contribution is 2.27. The number of hydrogen-bond donors (Lipinski definition) is 0. The van der Waals surface area contributed by atoms with E-state index in [-0.39, 0.29) is 24.8 Å². The van der Waals surface area contributed by atoms with Crippen molar-refractivity contribution in [3.05, 3.63) is 0 Å². The van der Waals surface area contributed by atoms with Gasteiger partial charge in [-0.2, -0.15) is 0 Å². The van der Waals surface area contributed by atoms with Crippen LogP contribution in [0.2, 0.25) is 0 Å². The van der Waals surface area contributed by atoms with Crippen molar-refractivity contribution in [1.82, 2.24) is 4.90 Å².